The first-order chi connectivity index (χ1) is 16.1. The topological polar surface area (TPSA) is 107 Å². The normalized spacial score (nSPS) is 16.5. The van der Waals surface area contributed by atoms with Crippen molar-refractivity contribution in [2.24, 2.45) is 5.73 Å². The van der Waals surface area contributed by atoms with Crippen LogP contribution in [-0.2, 0) is 0 Å². The molecule has 1 aliphatic rings. The molecular formula is C25H31FN8. The molecule has 3 heterocycles. The highest BCUT2D eigenvalue weighted by atomic mass is 19.1. The lowest BCUT2D eigenvalue weighted by Crippen LogP contribution is -2.50. The zero-order valence-corrected chi connectivity index (χ0v) is 20.4. The molecule has 0 spiro atoms. The van der Waals surface area contributed by atoms with Gasteiger partial charge in [0.05, 0.1) is 17.3 Å². The van der Waals surface area contributed by atoms with Crippen LogP contribution in [0, 0.1) is 31.0 Å². The molecule has 178 valence electrons. The summed E-state index contributed by atoms with van der Waals surface area (Å²) in [5.41, 5.74) is 8.74. The Hall–Kier alpha value is -3.35. The third kappa shape index (κ3) is 4.39. The van der Waals surface area contributed by atoms with Gasteiger partial charge in [0.1, 0.15) is 17.8 Å². The number of anilines is 2. The van der Waals surface area contributed by atoms with Crippen molar-refractivity contribution >= 4 is 22.4 Å². The molecule has 1 fully saturated rings. The van der Waals surface area contributed by atoms with Gasteiger partial charge in [-0.2, -0.15) is 10.4 Å². The number of hydrogen-bond donors (Lipinski definition) is 2. The molecule has 3 N–H and O–H groups in total. The first-order valence-electron chi connectivity index (χ1n) is 11.4. The van der Waals surface area contributed by atoms with E-state index in [0.29, 0.717) is 16.9 Å². The maximum absolute atomic E-state index is 14.1. The summed E-state index contributed by atoms with van der Waals surface area (Å²) in [5.74, 6) is 0.871. The van der Waals surface area contributed by atoms with Crippen LogP contribution in [0.5, 0.6) is 0 Å². The Labute approximate surface area is 199 Å². The molecule has 3 aromatic rings. The van der Waals surface area contributed by atoms with Gasteiger partial charge in [-0.1, -0.05) is 0 Å². The highest BCUT2D eigenvalue weighted by molar-refractivity contribution is 5.94. The van der Waals surface area contributed by atoms with Crippen LogP contribution in [0.3, 0.4) is 0 Å². The number of halogens is 1. The number of pyridine rings is 1. The summed E-state index contributed by atoms with van der Waals surface area (Å²) in [6.45, 7) is 7.76. The van der Waals surface area contributed by atoms with Gasteiger partial charge in [0.2, 0.25) is 0 Å². The predicted octanol–water partition coefficient (Wildman–Crippen LogP) is 3.64. The van der Waals surface area contributed by atoms with Crippen LogP contribution in [0.15, 0.2) is 24.4 Å². The zero-order chi connectivity index (χ0) is 24.6. The Morgan fingerprint density at radius 3 is 2.53 bits per heavy atom. The summed E-state index contributed by atoms with van der Waals surface area (Å²) in [7, 11) is 4.26. The van der Waals surface area contributed by atoms with E-state index >= 15 is 0 Å². The van der Waals surface area contributed by atoms with Crippen LogP contribution in [0.25, 0.3) is 10.8 Å². The van der Waals surface area contributed by atoms with E-state index in [1.54, 1.807) is 6.92 Å². The second-order valence-corrected chi connectivity index (χ2v) is 9.50. The van der Waals surface area contributed by atoms with Gasteiger partial charge in [0, 0.05) is 35.6 Å². The average molecular weight is 463 g/mol. The molecule has 1 aliphatic heterocycles. The first-order valence-corrected chi connectivity index (χ1v) is 11.4. The number of fused-ring (bicyclic) bond motifs is 1. The molecule has 34 heavy (non-hydrogen) atoms. The first kappa shape index (κ1) is 23.8. The number of benzene rings is 1. The van der Waals surface area contributed by atoms with Crippen molar-refractivity contribution in [3.63, 3.8) is 0 Å². The number of nitriles is 1. The quantitative estimate of drug-likeness (QED) is 0.554. The summed E-state index contributed by atoms with van der Waals surface area (Å²) in [5, 5.41) is 22.8. The molecule has 1 atom stereocenters. The number of nitrogens with one attached hydrogen (secondary N) is 1. The second kappa shape index (κ2) is 9.12. The Bertz CT molecular complexity index is 1260. The van der Waals surface area contributed by atoms with Crippen LogP contribution < -0.4 is 16.0 Å². The largest absolute Gasteiger partial charge is 0.356 e. The second-order valence-electron chi connectivity index (χ2n) is 9.50. The maximum Gasteiger partial charge on any atom is 0.158 e. The fourth-order valence-electron chi connectivity index (χ4n) is 4.47. The Morgan fingerprint density at radius 1 is 1.18 bits per heavy atom. The number of nitrogens with two attached hydrogens (primary N) is 1. The number of rotatable bonds is 5. The van der Waals surface area contributed by atoms with E-state index in [1.807, 2.05) is 25.3 Å². The van der Waals surface area contributed by atoms with E-state index < -0.39 is 12.0 Å². The van der Waals surface area contributed by atoms with Gasteiger partial charge in [0.15, 0.2) is 5.82 Å². The summed E-state index contributed by atoms with van der Waals surface area (Å²) in [6, 6.07) is 6.60. The van der Waals surface area contributed by atoms with E-state index in [9.17, 15) is 9.65 Å². The molecule has 0 aliphatic carbocycles. The summed E-state index contributed by atoms with van der Waals surface area (Å²) < 4.78 is 14.1. The van der Waals surface area contributed by atoms with E-state index in [0.717, 1.165) is 48.2 Å². The number of piperidine rings is 1. The Kier molecular flexibility index (Phi) is 6.39. The molecule has 1 saturated heterocycles. The van der Waals surface area contributed by atoms with Gasteiger partial charge < -0.3 is 20.9 Å². The van der Waals surface area contributed by atoms with Crippen molar-refractivity contribution in [1.29, 1.82) is 5.26 Å². The van der Waals surface area contributed by atoms with E-state index in [2.05, 4.69) is 46.3 Å². The van der Waals surface area contributed by atoms with Gasteiger partial charge in [0.25, 0.3) is 0 Å². The number of aryl methyl sites for hydroxylation is 1. The predicted molar refractivity (Wildman–Crippen MR) is 132 cm³/mol. The number of hydrogen-bond acceptors (Lipinski definition) is 8. The molecule has 9 heteroatoms. The minimum absolute atomic E-state index is 0.181. The molecular weight excluding hydrogens is 431 g/mol. The van der Waals surface area contributed by atoms with Crippen LogP contribution in [0.2, 0.25) is 0 Å². The van der Waals surface area contributed by atoms with Crippen LogP contribution in [0.1, 0.15) is 48.3 Å². The highest BCUT2D eigenvalue weighted by Crippen LogP contribution is 2.32. The smallest absolute Gasteiger partial charge is 0.158 e. The van der Waals surface area contributed by atoms with Crippen molar-refractivity contribution in [3.8, 4) is 6.07 Å². The fraction of sp³-hybridized carbons (Fsp3) is 0.440. The fourth-order valence-corrected chi connectivity index (χ4v) is 4.47. The minimum Gasteiger partial charge on any atom is -0.356 e. The highest BCUT2D eigenvalue weighted by Gasteiger charge is 2.32. The van der Waals surface area contributed by atoms with Crippen molar-refractivity contribution in [1.82, 2.24) is 20.1 Å². The maximum atomic E-state index is 14.1. The molecule has 0 radical (unpaired) electrons. The lowest BCUT2D eigenvalue weighted by molar-refractivity contribution is 0.137. The summed E-state index contributed by atoms with van der Waals surface area (Å²) in [6.07, 6.45) is 3.15. The van der Waals surface area contributed by atoms with E-state index in [-0.39, 0.29) is 11.1 Å². The molecule has 0 amide bonds. The average Bonchev–Trinajstić information content (AvgIpc) is 2.82. The molecule has 0 saturated carbocycles. The van der Waals surface area contributed by atoms with Gasteiger partial charge in [-0.25, -0.2) is 9.37 Å². The molecule has 1 aromatic carbocycles. The van der Waals surface area contributed by atoms with Gasteiger partial charge in [-0.3, -0.25) is 0 Å². The third-order valence-electron chi connectivity index (χ3n) is 7.24. The Morgan fingerprint density at radius 2 is 1.88 bits per heavy atom. The molecule has 4 rings (SSSR count). The van der Waals surface area contributed by atoms with Crippen molar-refractivity contribution in [3.05, 3.63) is 52.6 Å². The number of aromatic nitrogens is 3. The lowest BCUT2D eigenvalue weighted by Gasteiger charge is -2.44. The molecule has 0 unspecified atom stereocenters. The van der Waals surface area contributed by atoms with Crippen molar-refractivity contribution < 1.29 is 4.39 Å². The van der Waals surface area contributed by atoms with Gasteiger partial charge in [-0.05, 0) is 77.0 Å². The summed E-state index contributed by atoms with van der Waals surface area (Å²) >= 11 is 0. The van der Waals surface area contributed by atoms with Crippen LogP contribution in [-0.4, -0.2) is 52.8 Å². The zero-order valence-electron chi connectivity index (χ0n) is 20.4. The SMILES string of the molecule is Cc1c(C#N)cc(F)cc1[C@@H](N)Nc1nnc(C)c2cnc(N3CCC(C)(N(C)C)CC3)cc12. The monoisotopic (exact) mass is 462 g/mol. The van der Waals surface area contributed by atoms with Gasteiger partial charge >= 0.3 is 0 Å². The number of nitrogens with zero attached hydrogens (tertiary/aromatic N) is 6. The molecule has 2 aromatic heterocycles. The standard InChI is InChI=1S/C25H31FN8/c1-15-17(13-27)10-18(26)11-19(15)23(28)30-24-20-12-22(29-14-21(20)16(2)31-32-24)34-8-6-25(3,7-9-34)33(4)5/h10-12,14,23H,6-9,28H2,1-5H3,(H,30,32)/t23-/m0/s1. The van der Waals surface area contributed by atoms with Crippen LogP contribution >= 0.6 is 0 Å². The van der Waals surface area contributed by atoms with Crippen LogP contribution in [0.4, 0.5) is 16.0 Å². The molecule has 0 bridgehead atoms. The Balaban J connectivity index is 1.66. The lowest BCUT2D eigenvalue weighted by atomic mass is 9.88. The minimum atomic E-state index is -0.768. The van der Waals surface area contributed by atoms with E-state index in [4.69, 9.17) is 10.7 Å². The molecule has 8 nitrogen and oxygen atoms in total. The van der Waals surface area contributed by atoms with Gasteiger partial charge in [-0.15, -0.1) is 5.10 Å². The van der Waals surface area contributed by atoms with E-state index in [1.165, 1.54) is 12.1 Å². The third-order valence-corrected chi connectivity index (χ3v) is 7.24. The van der Waals surface area contributed by atoms with Crippen molar-refractivity contribution in [2.75, 3.05) is 37.4 Å². The summed E-state index contributed by atoms with van der Waals surface area (Å²) in [4.78, 5) is 9.30. The van der Waals surface area contributed by atoms with Crippen molar-refractivity contribution in [2.45, 2.75) is 45.3 Å².